The van der Waals surface area contributed by atoms with Crippen molar-refractivity contribution in [2.75, 3.05) is 5.75 Å². The van der Waals surface area contributed by atoms with Crippen molar-refractivity contribution in [2.45, 2.75) is 38.0 Å². The molecular weight excluding hydrogens is 324 g/mol. The highest BCUT2D eigenvalue weighted by molar-refractivity contribution is 7.99. The SMILES string of the molecule is CCCC(C)NC(=O)CSc1nnc(-c2c[nH]c3ccccc23)o1. The first kappa shape index (κ1) is 16.6. The van der Waals surface area contributed by atoms with Crippen molar-refractivity contribution in [3.05, 3.63) is 30.5 Å². The van der Waals surface area contributed by atoms with E-state index in [1.54, 1.807) is 0 Å². The molecule has 1 aromatic carbocycles. The van der Waals surface area contributed by atoms with Gasteiger partial charge in [0, 0.05) is 23.1 Å². The fourth-order valence-corrected chi connectivity index (χ4v) is 3.15. The molecule has 0 radical (unpaired) electrons. The lowest BCUT2D eigenvalue weighted by Gasteiger charge is -2.11. The standard InChI is InChI=1S/C17H20N4O2S/c1-3-6-11(2)19-15(22)10-24-17-21-20-16(23-17)13-9-18-14-8-5-4-7-12(13)14/h4-5,7-9,11,18H,3,6,10H2,1-2H3,(H,19,22). The third kappa shape index (κ3) is 3.79. The summed E-state index contributed by atoms with van der Waals surface area (Å²) in [4.78, 5) is 15.1. The number of amides is 1. The number of hydrogen-bond acceptors (Lipinski definition) is 5. The van der Waals surface area contributed by atoms with Gasteiger partial charge >= 0.3 is 0 Å². The van der Waals surface area contributed by atoms with E-state index < -0.39 is 0 Å². The maximum absolute atomic E-state index is 11.9. The second-order valence-electron chi connectivity index (χ2n) is 5.67. The molecule has 2 aromatic heterocycles. The molecule has 0 aliphatic rings. The molecule has 2 heterocycles. The smallest absolute Gasteiger partial charge is 0.277 e. The first-order valence-electron chi connectivity index (χ1n) is 7.99. The lowest BCUT2D eigenvalue weighted by Crippen LogP contribution is -2.33. The van der Waals surface area contributed by atoms with Crippen LogP contribution in [0.15, 0.2) is 40.1 Å². The number of fused-ring (bicyclic) bond motifs is 1. The van der Waals surface area contributed by atoms with Crippen LogP contribution in [0.25, 0.3) is 22.4 Å². The predicted octanol–water partition coefficient (Wildman–Crippen LogP) is 3.61. The van der Waals surface area contributed by atoms with Crippen LogP contribution in [0.3, 0.4) is 0 Å². The summed E-state index contributed by atoms with van der Waals surface area (Å²) in [6, 6.07) is 8.11. The second kappa shape index (κ2) is 7.53. The molecule has 0 aliphatic carbocycles. The third-order valence-electron chi connectivity index (χ3n) is 3.68. The van der Waals surface area contributed by atoms with Crippen LogP contribution >= 0.6 is 11.8 Å². The molecule has 2 N–H and O–H groups in total. The molecule has 0 aliphatic heterocycles. The maximum atomic E-state index is 11.9. The number of thioether (sulfide) groups is 1. The minimum atomic E-state index is -0.0206. The van der Waals surface area contributed by atoms with Crippen LogP contribution in [0.2, 0.25) is 0 Å². The Bertz CT molecular complexity index is 827. The van der Waals surface area contributed by atoms with Gasteiger partial charge in [0.25, 0.3) is 11.1 Å². The van der Waals surface area contributed by atoms with Crippen molar-refractivity contribution in [1.29, 1.82) is 0 Å². The van der Waals surface area contributed by atoms with Crippen molar-refractivity contribution < 1.29 is 9.21 Å². The molecule has 24 heavy (non-hydrogen) atoms. The largest absolute Gasteiger partial charge is 0.411 e. The van der Waals surface area contributed by atoms with E-state index in [2.05, 4.69) is 27.4 Å². The summed E-state index contributed by atoms with van der Waals surface area (Å²) in [6.07, 6.45) is 3.87. The van der Waals surface area contributed by atoms with Crippen LogP contribution in [-0.2, 0) is 4.79 Å². The van der Waals surface area contributed by atoms with Crippen molar-refractivity contribution in [1.82, 2.24) is 20.5 Å². The van der Waals surface area contributed by atoms with Gasteiger partial charge in [0.15, 0.2) is 0 Å². The van der Waals surface area contributed by atoms with Gasteiger partial charge < -0.3 is 14.7 Å². The molecule has 7 heteroatoms. The number of carbonyl (C=O) groups excluding carboxylic acids is 1. The van der Waals surface area contributed by atoms with Crippen molar-refractivity contribution >= 4 is 28.6 Å². The van der Waals surface area contributed by atoms with E-state index in [4.69, 9.17) is 4.42 Å². The van der Waals surface area contributed by atoms with E-state index in [9.17, 15) is 4.79 Å². The van der Waals surface area contributed by atoms with Gasteiger partial charge in [-0.3, -0.25) is 4.79 Å². The topological polar surface area (TPSA) is 83.8 Å². The number of rotatable bonds is 7. The lowest BCUT2D eigenvalue weighted by atomic mass is 10.2. The van der Waals surface area contributed by atoms with Gasteiger partial charge in [-0.1, -0.05) is 43.3 Å². The molecule has 0 fully saturated rings. The Morgan fingerprint density at radius 3 is 3.04 bits per heavy atom. The molecule has 1 unspecified atom stereocenters. The van der Waals surface area contributed by atoms with Crippen LogP contribution in [0.5, 0.6) is 0 Å². The summed E-state index contributed by atoms with van der Waals surface area (Å²) in [5.74, 6) is 0.700. The summed E-state index contributed by atoms with van der Waals surface area (Å²) in [7, 11) is 0. The molecule has 3 rings (SSSR count). The molecule has 126 valence electrons. The molecule has 1 amide bonds. The number of para-hydroxylation sites is 1. The second-order valence-corrected chi connectivity index (χ2v) is 6.59. The Hall–Kier alpha value is -2.28. The van der Waals surface area contributed by atoms with Gasteiger partial charge in [-0.15, -0.1) is 10.2 Å². The van der Waals surface area contributed by atoms with Crippen LogP contribution in [0.1, 0.15) is 26.7 Å². The first-order valence-corrected chi connectivity index (χ1v) is 8.98. The molecule has 0 bridgehead atoms. The number of carbonyl (C=O) groups is 1. The maximum Gasteiger partial charge on any atom is 0.277 e. The minimum Gasteiger partial charge on any atom is -0.411 e. The number of nitrogens with one attached hydrogen (secondary N) is 2. The van der Waals surface area contributed by atoms with Crippen LogP contribution < -0.4 is 5.32 Å². The third-order valence-corrected chi connectivity index (χ3v) is 4.50. The summed E-state index contributed by atoms with van der Waals surface area (Å²) >= 11 is 1.25. The average Bonchev–Trinajstić information content (AvgIpc) is 3.19. The van der Waals surface area contributed by atoms with Gasteiger partial charge in [-0.25, -0.2) is 0 Å². The zero-order valence-electron chi connectivity index (χ0n) is 13.7. The van der Waals surface area contributed by atoms with Gasteiger partial charge in [0.1, 0.15) is 0 Å². The number of nitrogens with zero attached hydrogens (tertiary/aromatic N) is 2. The van der Waals surface area contributed by atoms with Gasteiger partial charge in [0.2, 0.25) is 5.91 Å². The number of H-pyrrole nitrogens is 1. The van der Waals surface area contributed by atoms with E-state index in [1.807, 2.05) is 37.4 Å². The normalized spacial score (nSPS) is 12.4. The Balaban J connectivity index is 1.63. The zero-order chi connectivity index (χ0) is 16.9. The van der Waals surface area contributed by atoms with E-state index in [-0.39, 0.29) is 17.7 Å². The summed E-state index contributed by atoms with van der Waals surface area (Å²) in [5, 5.41) is 12.5. The van der Waals surface area contributed by atoms with Crippen LogP contribution in [-0.4, -0.2) is 32.9 Å². The number of benzene rings is 1. The minimum absolute atomic E-state index is 0.0206. The van der Waals surface area contributed by atoms with Crippen molar-refractivity contribution in [2.24, 2.45) is 0 Å². The molecule has 6 nitrogen and oxygen atoms in total. The lowest BCUT2D eigenvalue weighted by molar-refractivity contribution is -0.119. The summed E-state index contributed by atoms with van der Waals surface area (Å²) in [5.41, 5.74) is 1.88. The Morgan fingerprint density at radius 2 is 2.21 bits per heavy atom. The van der Waals surface area contributed by atoms with Gasteiger partial charge in [-0.05, 0) is 19.4 Å². The molecule has 1 atom stereocenters. The van der Waals surface area contributed by atoms with Crippen molar-refractivity contribution in [3.8, 4) is 11.5 Å². The monoisotopic (exact) mass is 344 g/mol. The van der Waals surface area contributed by atoms with E-state index in [0.717, 1.165) is 29.3 Å². The van der Waals surface area contributed by atoms with Crippen molar-refractivity contribution in [3.63, 3.8) is 0 Å². The highest BCUT2D eigenvalue weighted by Crippen LogP contribution is 2.29. The van der Waals surface area contributed by atoms with Gasteiger partial charge in [-0.2, -0.15) is 0 Å². The highest BCUT2D eigenvalue weighted by Gasteiger charge is 2.15. The Morgan fingerprint density at radius 1 is 1.38 bits per heavy atom. The fourth-order valence-electron chi connectivity index (χ4n) is 2.57. The molecule has 0 spiro atoms. The van der Waals surface area contributed by atoms with E-state index in [0.29, 0.717) is 11.1 Å². The molecular formula is C17H20N4O2S. The Kier molecular flexibility index (Phi) is 5.20. The first-order chi connectivity index (χ1) is 11.7. The average molecular weight is 344 g/mol. The Labute approximate surface area is 144 Å². The quantitative estimate of drug-likeness (QED) is 0.640. The summed E-state index contributed by atoms with van der Waals surface area (Å²) < 4.78 is 5.68. The van der Waals surface area contributed by atoms with Gasteiger partial charge in [0.05, 0.1) is 11.3 Å². The summed E-state index contributed by atoms with van der Waals surface area (Å²) in [6.45, 7) is 4.11. The number of aromatic nitrogens is 3. The molecule has 3 aromatic rings. The number of hydrogen-bond donors (Lipinski definition) is 2. The predicted molar refractivity (Wildman–Crippen MR) is 94.8 cm³/mol. The van der Waals surface area contributed by atoms with E-state index >= 15 is 0 Å². The highest BCUT2D eigenvalue weighted by atomic mass is 32.2. The number of aromatic amines is 1. The van der Waals surface area contributed by atoms with Crippen LogP contribution in [0, 0.1) is 0 Å². The molecule has 0 saturated carbocycles. The zero-order valence-corrected chi connectivity index (χ0v) is 14.5. The molecule has 0 saturated heterocycles. The van der Waals surface area contributed by atoms with E-state index in [1.165, 1.54) is 11.8 Å². The fraction of sp³-hybridized carbons (Fsp3) is 0.353. The van der Waals surface area contributed by atoms with Crippen LogP contribution in [0.4, 0.5) is 0 Å².